The van der Waals surface area contributed by atoms with E-state index in [0.29, 0.717) is 29.7 Å². The number of nitrogens with one attached hydrogen (secondary N) is 2. The van der Waals surface area contributed by atoms with E-state index in [9.17, 15) is 18.0 Å². The van der Waals surface area contributed by atoms with Crippen molar-refractivity contribution in [2.75, 3.05) is 19.6 Å². The van der Waals surface area contributed by atoms with Crippen molar-refractivity contribution < 1.29 is 31.7 Å². The third kappa shape index (κ3) is 2.73. The number of hydroxylamine groups is 3. The van der Waals surface area contributed by atoms with Crippen LogP contribution in [-0.4, -0.2) is 72.7 Å². The molecule has 0 radical (unpaired) electrons. The minimum atomic E-state index is -4.79. The van der Waals surface area contributed by atoms with E-state index in [-0.39, 0.29) is 12.6 Å². The van der Waals surface area contributed by atoms with E-state index in [0.717, 1.165) is 13.1 Å². The van der Waals surface area contributed by atoms with E-state index in [1.807, 2.05) is 0 Å². The fourth-order valence-electron chi connectivity index (χ4n) is 3.83. The van der Waals surface area contributed by atoms with Gasteiger partial charge in [-0.15, -0.1) is 4.28 Å². The van der Waals surface area contributed by atoms with Gasteiger partial charge in [-0.25, -0.2) is 10.3 Å². The van der Waals surface area contributed by atoms with E-state index in [4.69, 9.17) is 9.39 Å². The Morgan fingerprint density at radius 3 is 2.67 bits per heavy atom. The summed E-state index contributed by atoms with van der Waals surface area (Å²) in [6, 6.07) is -2.03. The Hall–Kier alpha value is -1.47. The van der Waals surface area contributed by atoms with Gasteiger partial charge in [-0.2, -0.15) is 13.5 Å². The van der Waals surface area contributed by atoms with E-state index >= 15 is 0 Å². The molecular weight excluding hydrogens is 344 g/mol. The number of fused-ring (bicyclic) bond motifs is 3. The lowest BCUT2D eigenvalue weighted by Gasteiger charge is -2.29. The monoisotopic (exact) mass is 362 g/mol. The highest BCUT2D eigenvalue weighted by molar-refractivity contribution is 7.80. The largest absolute Gasteiger partial charge is 0.418 e. The molecule has 2 unspecified atom stereocenters. The van der Waals surface area contributed by atoms with Gasteiger partial charge in [0.05, 0.1) is 12.1 Å². The van der Waals surface area contributed by atoms with Gasteiger partial charge in [-0.1, -0.05) is 0 Å². The molecule has 0 aromatic heterocycles. The van der Waals surface area contributed by atoms with Crippen LogP contribution in [0.5, 0.6) is 0 Å². The van der Waals surface area contributed by atoms with Crippen LogP contribution in [0.1, 0.15) is 12.8 Å². The summed E-state index contributed by atoms with van der Waals surface area (Å²) in [7, 11) is -4.79. The maximum Gasteiger partial charge on any atom is 0.418 e. The summed E-state index contributed by atoms with van der Waals surface area (Å²) in [5.41, 5.74) is 2.42. The molecule has 4 atom stereocenters. The van der Waals surface area contributed by atoms with Crippen molar-refractivity contribution in [1.29, 1.82) is 0 Å². The first-order chi connectivity index (χ1) is 11.3. The number of rotatable bonds is 5. The second-order valence-corrected chi connectivity index (χ2v) is 7.55. The highest BCUT2D eigenvalue weighted by Crippen LogP contribution is 2.43. The molecule has 3 heterocycles. The molecule has 3 amide bonds. The molecule has 0 spiro atoms. The number of carbonyl (C=O) groups is 2. The van der Waals surface area contributed by atoms with Crippen molar-refractivity contribution in [3.63, 3.8) is 0 Å². The Morgan fingerprint density at radius 1 is 1.29 bits per heavy atom. The fourth-order valence-corrected chi connectivity index (χ4v) is 4.22. The van der Waals surface area contributed by atoms with Crippen molar-refractivity contribution in [1.82, 2.24) is 20.8 Å². The first-order valence-electron chi connectivity index (χ1n) is 7.78. The highest BCUT2D eigenvalue weighted by Gasteiger charge is 2.55. The van der Waals surface area contributed by atoms with E-state index in [2.05, 4.69) is 15.1 Å². The van der Waals surface area contributed by atoms with Crippen LogP contribution in [0.4, 0.5) is 4.79 Å². The first kappa shape index (κ1) is 16.0. The van der Waals surface area contributed by atoms with E-state index in [1.165, 1.54) is 4.90 Å². The Balaban J connectivity index is 1.35. The van der Waals surface area contributed by atoms with Crippen LogP contribution < -0.4 is 10.8 Å². The molecule has 3 saturated heterocycles. The number of hydrogen-bond acceptors (Lipinski definition) is 7. The third-order valence-corrected chi connectivity index (χ3v) is 5.46. The zero-order valence-electron chi connectivity index (χ0n) is 12.6. The first-order valence-corrected chi connectivity index (χ1v) is 9.15. The van der Waals surface area contributed by atoms with Gasteiger partial charge in [0.1, 0.15) is 6.04 Å². The fraction of sp³-hybridized carbons (Fsp3) is 0.833. The minimum Gasteiger partial charge on any atom is -0.316 e. The lowest BCUT2D eigenvalue weighted by molar-refractivity contribution is -0.140. The van der Waals surface area contributed by atoms with Crippen LogP contribution in [0.15, 0.2) is 0 Å². The van der Waals surface area contributed by atoms with Crippen molar-refractivity contribution in [3.05, 3.63) is 0 Å². The van der Waals surface area contributed by atoms with Gasteiger partial charge in [-0.05, 0) is 12.8 Å². The second-order valence-electron chi connectivity index (χ2n) is 6.54. The Kier molecular flexibility index (Phi) is 3.69. The van der Waals surface area contributed by atoms with Crippen LogP contribution in [0.2, 0.25) is 0 Å². The predicted molar refractivity (Wildman–Crippen MR) is 76.3 cm³/mol. The molecule has 1 saturated carbocycles. The summed E-state index contributed by atoms with van der Waals surface area (Å²) in [5.74, 6) is 0.412. The molecule has 4 aliphatic rings. The van der Waals surface area contributed by atoms with Crippen LogP contribution >= 0.6 is 0 Å². The van der Waals surface area contributed by atoms with Crippen molar-refractivity contribution in [2.24, 2.45) is 11.8 Å². The number of urea groups is 1. The van der Waals surface area contributed by atoms with E-state index < -0.39 is 34.4 Å². The number of nitrogens with zero attached hydrogens (tertiary/aromatic N) is 2. The van der Waals surface area contributed by atoms with Gasteiger partial charge in [0, 0.05) is 31.5 Å². The standard InChI is InChI=1S/C12H18N4O7S/c17-11(14-22-10-7-3-13-4-8(7)10)9-2-1-6-5-15(9)12(18)16(6)23-24(19,20)21/h6-10,13H,1-5H2,(H,14,17)(H,19,20,21)/t6-,7?,8?,9+,10?/m1/s1. The smallest absolute Gasteiger partial charge is 0.316 e. The zero-order valence-corrected chi connectivity index (χ0v) is 13.4. The maximum absolute atomic E-state index is 12.3. The summed E-state index contributed by atoms with van der Waals surface area (Å²) in [5, 5.41) is 3.83. The van der Waals surface area contributed by atoms with Gasteiger partial charge >= 0.3 is 16.4 Å². The quantitative estimate of drug-likeness (QED) is 0.387. The Labute approximate surface area is 138 Å². The molecule has 0 aromatic carbocycles. The topological polar surface area (TPSA) is 138 Å². The summed E-state index contributed by atoms with van der Waals surface area (Å²) >= 11 is 0. The van der Waals surface area contributed by atoms with Crippen molar-refractivity contribution >= 4 is 22.3 Å². The molecule has 0 aromatic rings. The second kappa shape index (κ2) is 5.52. The van der Waals surface area contributed by atoms with Gasteiger partial charge in [0.15, 0.2) is 0 Å². The molecule has 24 heavy (non-hydrogen) atoms. The number of hydrogen-bond donors (Lipinski definition) is 3. The van der Waals surface area contributed by atoms with Crippen LogP contribution in [0, 0.1) is 11.8 Å². The van der Waals surface area contributed by atoms with Crippen LogP contribution in [0.3, 0.4) is 0 Å². The summed E-state index contributed by atoms with van der Waals surface area (Å²) in [4.78, 5) is 31.2. The molecule has 4 rings (SSSR count). The van der Waals surface area contributed by atoms with Gasteiger partial charge in [0.2, 0.25) is 0 Å². The molecule has 4 fully saturated rings. The number of piperidine rings is 2. The van der Waals surface area contributed by atoms with Crippen LogP contribution in [0.25, 0.3) is 0 Å². The minimum absolute atomic E-state index is 0.0141. The lowest BCUT2D eigenvalue weighted by Crippen LogP contribution is -2.50. The normalized spacial score (nSPS) is 37.5. The summed E-state index contributed by atoms with van der Waals surface area (Å²) in [6.07, 6.45) is 0.755. The Morgan fingerprint density at radius 2 is 2.00 bits per heavy atom. The highest BCUT2D eigenvalue weighted by atomic mass is 32.3. The molecular formula is C12H18N4O7S. The number of carbonyl (C=O) groups excluding carboxylic acids is 2. The SMILES string of the molecule is O=C(NOC1C2CNCC21)[C@@H]1CC[C@@H]2CN1C(=O)N2OS(=O)(=O)O. The zero-order chi connectivity index (χ0) is 17.1. The van der Waals surface area contributed by atoms with Gasteiger partial charge in [-0.3, -0.25) is 14.2 Å². The molecule has 3 aliphatic heterocycles. The molecule has 2 bridgehead atoms. The molecule has 12 heteroatoms. The van der Waals surface area contributed by atoms with Gasteiger partial charge < -0.3 is 10.2 Å². The summed E-state index contributed by atoms with van der Waals surface area (Å²) < 4.78 is 34.7. The van der Waals surface area contributed by atoms with Crippen LogP contribution in [-0.2, 0) is 24.3 Å². The molecule has 3 N–H and O–H groups in total. The molecule has 11 nitrogen and oxygen atoms in total. The van der Waals surface area contributed by atoms with Gasteiger partial charge in [0.25, 0.3) is 5.91 Å². The predicted octanol–water partition coefficient (Wildman–Crippen LogP) is -1.74. The van der Waals surface area contributed by atoms with E-state index in [1.54, 1.807) is 0 Å². The van der Waals surface area contributed by atoms with Crippen molar-refractivity contribution in [3.8, 4) is 0 Å². The maximum atomic E-state index is 12.3. The van der Waals surface area contributed by atoms with Crippen molar-refractivity contribution in [2.45, 2.75) is 31.0 Å². The number of amides is 3. The lowest BCUT2D eigenvalue weighted by atomic mass is 10.0. The molecule has 1 aliphatic carbocycles. The molecule has 134 valence electrons. The third-order valence-electron chi connectivity index (χ3n) is 5.11. The summed E-state index contributed by atoms with van der Waals surface area (Å²) in [6.45, 7) is 1.91. The Bertz CT molecular complexity index is 660. The average molecular weight is 362 g/mol. The average Bonchev–Trinajstić information content (AvgIpc) is 2.86.